The minimum absolute atomic E-state index is 0.179. The summed E-state index contributed by atoms with van der Waals surface area (Å²) in [6.45, 7) is 3.78. The molecule has 162 valence electrons. The molecule has 4 aromatic rings. The molecule has 9 nitrogen and oxygen atoms in total. The number of rotatable bonds is 9. The number of fused-ring (bicyclic) bond motifs is 2. The Kier molecular flexibility index (Phi) is 6.13. The fourth-order valence-corrected chi connectivity index (χ4v) is 3.67. The van der Waals surface area contributed by atoms with Gasteiger partial charge in [-0.25, -0.2) is 4.98 Å². The van der Waals surface area contributed by atoms with Crippen LogP contribution in [0.3, 0.4) is 0 Å². The minimum Gasteiger partial charge on any atom is -0.442 e. The summed E-state index contributed by atoms with van der Waals surface area (Å²) in [7, 11) is 1.61. The number of para-hydroxylation sites is 1. The first-order chi connectivity index (χ1) is 15.1. The lowest BCUT2D eigenvalue weighted by molar-refractivity contribution is 0.0952. The van der Waals surface area contributed by atoms with Crippen molar-refractivity contribution in [1.82, 2.24) is 24.6 Å². The van der Waals surface area contributed by atoms with E-state index in [0.717, 1.165) is 10.9 Å². The Morgan fingerprint density at radius 3 is 2.90 bits per heavy atom. The van der Waals surface area contributed by atoms with Crippen LogP contribution in [0, 0.1) is 6.92 Å². The number of hydrogen-bond acceptors (Lipinski definition) is 6. The smallest absolute Gasteiger partial charge is 0.265 e. The molecule has 9 heteroatoms. The monoisotopic (exact) mass is 423 g/mol. The zero-order chi connectivity index (χ0) is 21.8. The highest BCUT2D eigenvalue weighted by Gasteiger charge is 2.22. The van der Waals surface area contributed by atoms with Gasteiger partial charge < -0.3 is 14.5 Å². The number of carbonyl (C=O) groups excluding carboxylic acids is 1. The third-order valence-electron chi connectivity index (χ3n) is 5.21. The molecule has 0 spiro atoms. The zero-order valence-electron chi connectivity index (χ0n) is 17.6. The molecule has 0 saturated carbocycles. The number of aromatic nitrogens is 4. The number of methoxy groups -OCH3 is 1. The Morgan fingerprint density at radius 1 is 1.23 bits per heavy atom. The molecular weight excluding hydrogens is 398 g/mol. The highest BCUT2D eigenvalue weighted by Crippen LogP contribution is 2.21. The van der Waals surface area contributed by atoms with Gasteiger partial charge in [0.1, 0.15) is 17.5 Å². The van der Waals surface area contributed by atoms with Crippen LogP contribution < -0.4 is 10.9 Å². The van der Waals surface area contributed by atoms with Crippen molar-refractivity contribution < 1.29 is 13.9 Å². The van der Waals surface area contributed by atoms with Gasteiger partial charge >= 0.3 is 0 Å². The van der Waals surface area contributed by atoms with Crippen molar-refractivity contribution >= 4 is 27.9 Å². The second-order valence-electron chi connectivity index (χ2n) is 7.34. The number of nitrogens with one attached hydrogen (secondary N) is 1. The molecule has 0 atom stereocenters. The topological polar surface area (TPSA) is 104 Å². The average Bonchev–Trinajstić information content (AvgIpc) is 3.33. The average molecular weight is 423 g/mol. The van der Waals surface area contributed by atoms with Crippen LogP contribution in [0.4, 0.5) is 0 Å². The maximum absolute atomic E-state index is 12.9. The van der Waals surface area contributed by atoms with Crippen molar-refractivity contribution in [1.29, 1.82) is 0 Å². The molecule has 4 rings (SSSR count). The van der Waals surface area contributed by atoms with Gasteiger partial charge in [0.25, 0.3) is 11.5 Å². The van der Waals surface area contributed by atoms with E-state index < -0.39 is 0 Å². The van der Waals surface area contributed by atoms with Crippen molar-refractivity contribution in [3.05, 3.63) is 58.5 Å². The molecule has 0 saturated heterocycles. The normalized spacial score (nSPS) is 11.4. The first kappa shape index (κ1) is 20.8. The molecule has 0 bridgehead atoms. The summed E-state index contributed by atoms with van der Waals surface area (Å²) in [6, 6.07) is 7.99. The van der Waals surface area contributed by atoms with Crippen molar-refractivity contribution in [3.63, 3.8) is 0 Å². The van der Waals surface area contributed by atoms with Crippen LogP contribution in [-0.4, -0.2) is 45.5 Å². The van der Waals surface area contributed by atoms with Gasteiger partial charge in [-0.1, -0.05) is 18.2 Å². The van der Waals surface area contributed by atoms with Crippen molar-refractivity contribution in [2.45, 2.75) is 32.9 Å². The number of hydrogen-bond donors (Lipinski definition) is 1. The van der Waals surface area contributed by atoms with Crippen LogP contribution >= 0.6 is 0 Å². The number of aryl methyl sites for hydroxylation is 3. The summed E-state index contributed by atoms with van der Waals surface area (Å²) in [5.41, 5.74) is 1.20. The quantitative estimate of drug-likeness (QED) is 0.415. The predicted octanol–water partition coefficient (Wildman–Crippen LogP) is 2.50. The molecule has 31 heavy (non-hydrogen) atoms. The van der Waals surface area contributed by atoms with Gasteiger partial charge in [-0.05, 0) is 25.8 Å². The van der Waals surface area contributed by atoms with E-state index in [1.807, 2.05) is 35.1 Å². The maximum atomic E-state index is 12.9. The largest absolute Gasteiger partial charge is 0.442 e. The van der Waals surface area contributed by atoms with Crippen molar-refractivity contribution in [2.75, 3.05) is 20.3 Å². The van der Waals surface area contributed by atoms with E-state index in [-0.39, 0.29) is 28.1 Å². The molecule has 1 aromatic carbocycles. The molecule has 1 N–H and O–H groups in total. The molecule has 0 aliphatic heterocycles. The Morgan fingerprint density at radius 2 is 2.06 bits per heavy atom. The summed E-state index contributed by atoms with van der Waals surface area (Å²) in [5, 5.41) is 8.59. The lowest BCUT2D eigenvalue weighted by Gasteiger charge is -2.07. The van der Waals surface area contributed by atoms with Gasteiger partial charge in [0.2, 0.25) is 5.71 Å². The van der Waals surface area contributed by atoms with Gasteiger partial charge in [0, 0.05) is 38.7 Å². The molecule has 1 amide bonds. The molecule has 0 unspecified atom stereocenters. The molecule has 0 radical (unpaired) electrons. The number of benzene rings is 1. The third-order valence-corrected chi connectivity index (χ3v) is 5.21. The molecule has 0 aliphatic rings. The predicted molar refractivity (Wildman–Crippen MR) is 116 cm³/mol. The number of ether oxygens (including phenoxy) is 1. The molecule has 3 heterocycles. The van der Waals surface area contributed by atoms with Crippen LogP contribution in [0.1, 0.15) is 29.0 Å². The second-order valence-corrected chi connectivity index (χ2v) is 7.34. The van der Waals surface area contributed by atoms with E-state index in [1.165, 1.54) is 10.9 Å². The maximum Gasteiger partial charge on any atom is 0.265 e. The Bertz CT molecular complexity index is 1270. The fraction of sp³-hybridized carbons (Fsp3) is 0.364. The number of carbonyl (C=O) groups is 1. The Balaban J connectivity index is 1.45. The van der Waals surface area contributed by atoms with E-state index in [1.54, 1.807) is 14.0 Å². The molecule has 0 aliphatic carbocycles. The SMILES string of the molecule is COCCCn1cnc2oc(C)c(C(=O)NCCCn3ncc4ccccc43)c2c1=O. The minimum atomic E-state index is -0.338. The van der Waals surface area contributed by atoms with E-state index >= 15 is 0 Å². The summed E-state index contributed by atoms with van der Waals surface area (Å²) >= 11 is 0. The van der Waals surface area contributed by atoms with Crippen LogP contribution in [0.15, 0.2) is 46.0 Å². The Hall–Kier alpha value is -3.46. The summed E-state index contributed by atoms with van der Waals surface area (Å²) in [5.74, 6) is 0.0416. The lowest BCUT2D eigenvalue weighted by Crippen LogP contribution is -2.28. The van der Waals surface area contributed by atoms with Crippen molar-refractivity contribution in [2.24, 2.45) is 0 Å². The van der Waals surface area contributed by atoms with Crippen molar-refractivity contribution in [3.8, 4) is 0 Å². The number of nitrogens with zero attached hydrogens (tertiary/aromatic N) is 4. The first-order valence-electron chi connectivity index (χ1n) is 10.3. The summed E-state index contributed by atoms with van der Waals surface area (Å²) in [4.78, 5) is 30.0. The summed E-state index contributed by atoms with van der Waals surface area (Å²) < 4.78 is 14.0. The van der Waals surface area contributed by atoms with Crippen LogP contribution in [-0.2, 0) is 17.8 Å². The van der Waals surface area contributed by atoms with E-state index in [9.17, 15) is 9.59 Å². The number of furan rings is 1. The van der Waals surface area contributed by atoms with E-state index in [0.29, 0.717) is 44.8 Å². The lowest BCUT2D eigenvalue weighted by atomic mass is 10.1. The molecule has 0 fully saturated rings. The summed E-state index contributed by atoms with van der Waals surface area (Å²) in [6.07, 6.45) is 4.65. The van der Waals surface area contributed by atoms with E-state index in [2.05, 4.69) is 15.4 Å². The highest BCUT2D eigenvalue weighted by atomic mass is 16.5. The van der Waals surface area contributed by atoms with Crippen LogP contribution in [0.25, 0.3) is 22.0 Å². The van der Waals surface area contributed by atoms with Gasteiger partial charge in [0.15, 0.2) is 0 Å². The van der Waals surface area contributed by atoms with E-state index in [4.69, 9.17) is 9.15 Å². The Labute approximate surface area is 178 Å². The van der Waals surface area contributed by atoms with Crippen LogP contribution in [0.5, 0.6) is 0 Å². The number of amides is 1. The van der Waals surface area contributed by atoms with Gasteiger partial charge in [0.05, 0.1) is 17.3 Å². The van der Waals surface area contributed by atoms with Crippen LogP contribution in [0.2, 0.25) is 0 Å². The first-order valence-corrected chi connectivity index (χ1v) is 10.3. The zero-order valence-corrected chi connectivity index (χ0v) is 17.6. The van der Waals surface area contributed by atoms with Gasteiger partial charge in [-0.3, -0.25) is 18.8 Å². The molecule has 3 aromatic heterocycles. The van der Waals surface area contributed by atoms with Gasteiger partial charge in [-0.15, -0.1) is 0 Å². The second kappa shape index (κ2) is 9.13. The third kappa shape index (κ3) is 4.22. The van der Waals surface area contributed by atoms with Gasteiger partial charge in [-0.2, -0.15) is 5.10 Å². The highest BCUT2D eigenvalue weighted by molar-refractivity contribution is 6.06. The standard InChI is InChI=1S/C22H25N5O4/c1-15-18(19-21(31-15)24-14-26(22(19)29)10-6-12-30-2)20(28)23-9-5-11-27-17-8-4-3-7-16(17)13-25-27/h3-4,7-8,13-14H,5-6,9-12H2,1-2H3,(H,23,28). The fourth-order valence-electron chi connectivity index (χ4n) is 3.67. The molecular formula is C22H25N5O4.